The van der Waals surface area contributed by atoms with Gasteiger partial charge in [0.25, 0.3) is 10.0 Å². The smallest absolute Gasteiger partial charge is 0.266 e. The third-order valence-corrected chi connectivity index (χ3v) is 5.17. The highest BCUT2D eigenvalue weighted by Crippen LogP contribution is 2.32. The molecule has 0 fully saturated rings. The van der Waals surface area contributed by atoms with Crippen LogP contribution in [-0.4, -0.2) is 18.4 Å². The average molecular weight is 443 g/mol. The lowest BCUT2D eigenvalue weighted by atomic mass is 10.3. The largest absolute Gasteiger partial charge is 0.398 e. The van der Waals surface area contributed by atoms with E-state index in [1.165, 1.54) is 18.3 Å². The van der Waals surface area contributed by atoms with Crippen LogP contribution >= 0.6 is 43.5 Å². The molecule has 0 unspecified atom stereocenters. The van der Waals surface area contributed by atoms with Crippen molar-refractivity contribution in [2.45, 2.75) is 4.90 Å². The van der Waals surface area contributed by atoms with E-state index in [1.807, 2.05) is 0 Å². The Labute approximate surface area is 137 Å². The predicted octanol–water partition coefficient (Wildman–Crippen LogP) is 3.04. The molecule has 0 aliphatic heterocycles. The molecule has 106 valence electrons. The van der Waals surface area contributed by atoms with Crippen molar-refractivity contribution in [1.29, 1.82) is 0 Å². The van der Waals surface area contributed by atoms with E-state index in [2.05, 4.69) is 46.5 Å². The Morgan fingerprint density at radius 3 is 2.60 bits per heavy atom. The summed E-state index contributed by atoms with van der Waals surface area (Å²) >= 11 is 12.0. The number of halogens is 3. The number of benzene rings is 1. The molecule has 0 amide bonds. The van der Waals surface area contributed by atoms with Gasteiger partial charge in [0.05, 0.1) is 5.69 Å². The van der Waals surface area contributed by atoms with Gasteiger partial charge in [-0.05, 0) is 45.7 Å². The van der Waals surface area contributed by atoms with Gasteiger partial charge in [0, 0.05) is 15.1 Å². The zero-order valence-electron chi connectivity index (χ0n) is 9.64. The second-order valence-corrected chi connectivity index (χ2v) is 7.35. The first-order chi connectivity index (χ1) is 9.29. The first-order valence-corrected chi connectivity index (χ1v) is 8.50. The molecule has 0 bridgehead atoms. The number of hydrogen-bond acceptors (Lipinski definition) is 5. The molecule has 6 nitrogen and oxygen atoms in total. The van der Waals surface area contributed by atoms with Crippen LogP contribution in [0.5, 0.6) is 0 Å². The minimum atomic E-state index is -3.90. The molecule has 1 aromatic heterocycles. The number of nitrogens with two attached hydrogens (primary N) is 1. The number of sulfonamides is 1. The van der Waals surface area contributed by atoms with Gasteiger partial charge in [-0.15, -0.1) is 0 Å². The minimum absolute atomic E-state index is 0.0548. The summed E-state index contributed by atoms with van der Waals surface area (Å²) < 4.78 is 27.9. The van der Waals surface area contributed by atoms with Gasteiger partial charge in [-0.3, -0.25) is 4.72 Å². The van der Waals surface area contributed by atoms with E-state index >= 15 is 0 Å². The number of rotatable bonds is 3. The molecule has 3 N–H and O–H groups in total. The van der Waals surface area contributed by atoms with Crippen molar-refractivity contribution in [3.05, 3.63) is 38.6 Å². The molecule has 0 atom stereocenters. The van der Waals surface area contributed by atoms with Crippen LogP contribution in [0.25, 0.3) is 0 Å². The van der Waals surface area contributed by atoms with Crippen molar-refractivity contribution in [2.24, 2.45) is 0 Å². The molecule has 20 heavy (non-hydrogen) atoms. The van der Waals surface area contributed by atoms with Crippen LogP contribution in [0, 0.1) is 0 Å². The number of nitrogens with zero attached hydrogens (tertiary/aromatic N) is 2. The van der Waals surface area contributed by atoms with Crippen LogP contribution in [-0.2, 0) is 10.0 Å². The minimum Gasteiger partial charge on any atom is -0.398 e. The van der Waals surface area contributed by atoms with Gasteiger partial charge in [0.1, 0.15) is 10.7 Å². The van der Waals surface area contributed by atoms with Crippen LogP contribution in [0.1, 0.15) is 0 Å². The summed E-state index contributed by atoms with van der Waals surface area (Å²) in [6.45, 7) is 0. The lowest BCUT2D eigenvalue weighted by Gasteiger charge is -2.11. The normalized spacial score (nSPS) is 11.3. The molecule has 1 aromatic carbocycles. The summed E-state index contributed by atoms with van der Waals surface area (Å²) in [5.41, 5.74) is 5.85. The molecular formula is C10H7Br2ClN4O2S. The molecule has 0 aliphatic rings. The third-order valence-electron chi connectivity index (χ3n) is 2.17. The van der Waals surface area contributed by atoms with E-state index in [4.69, 9.17) is 17.3 Å². The highest BCUT2D eigenvalue weighted by molar-refractivity contribution is 9.11. The topological polar surface area (TPSA) is 98.0 Å². The zero-order valence-corrected chi connectivity index (χ0v) is 14.4. The highest BCUT2D eigenvalue weighted by Gasteiger charge is 2.22. The Kier molecular flexibility index (Phi) is 4.52. The van der Waals surface area contributed by atoms with Crippen LogP contribution in [0.2, 0.25) is 5.28 Å². The number of hydrogen-bond donors (Lipinski definition) is 2. The first kappa shape index (κ1) is 15.5. The van der Waals surface area contributed by atoms with Crippen molar-refractivity contribution >= 4 is 65.0 Å². The Hall–Kier alpha value is -0.900. The fraction of sp³-hybridized carbons (Fsp3) is 0. The van der Waals surface area contributed by atoms with Gasteiger partial charge in [-0.2, -0.15) is 4.98 Å². The van der Waals surface area contributed by atoms with Crippen LogP contribution in [0.15, 0.2) is 38.2 Å². The van der Waals surface area contributed by atoms with Crippen molar-refractivity contribution in [3.8, 4) is 0 Å². The number of anilines is 2. The molecule has 1 heterocycles. The van der Waals surface area contributed by atoms with Crippen molar-refractivity contribution in [1.82, 2.24) is 9.97 Å². The van der Waals surface area contributed by atoms with Crippen molar-refractivity contribution < 1.29 is 8.42 Å². The predicted molar refractivity (Wildman–Crippen MR) is 84.1 cm³/mol. The van der Waals surface area contributed by atoms with Crippen molar-refractivity contribution in [2.75, 3.05) is 10.5 Å². The quantitative estimate of drug-likeness (QED) is 0.563. The van der Waals surface area contributed by atoms with Gasteiger partial charge < -0.3 is 5.73 Å². The second-order valence-electron chi connectivity index (χ2n) is 3.62. The number of nitrogens with one attached hydrogen (secondary N) is 1. The van der Waals surface area contributed by atoms with Gasteiger partial charge in [0.2, 0.25) is 5.28 Å². The molecule has 2 aromatic rings. The molecule has 2 rings (SSSR count). The lowest BCUT2D eigenvalue weighted by molar-refractivity contribution is 0.601. The Morgan fingerprint density at radius 1 is 1.30 bits per heavy atom. The van der Waals surface area contributed by atoms with Gasteiger partial charge in [-0.25, -0.2) is 13.4 Å². The molecule has 0 radical (unpaired) electrons. The molecule has 0 aliphatic carbocycles. The van der Waals surface area contributed by atoms with Gasteiger partial charge >= 0.3 is 0 Å². The lowest BCUT2D eigenvalue weighted by Crippen LogP contribution is -2.16. The maximum absolute atomic E-state index is 12.3. The SMILES string of the molecule is Nc1cc(Br)cc(Br)c1S(=O)(=O)Nc1ccnc(Cl)n1. The number of nitrogen functional groups attached to an aromatic ring is 1. The molecule has 0 saturated carbocycles. The first-order valence-electron chi connectivity index (χ1n) is 5.05. The summed E-state index contributed by atoms with van der Waals surface area (Å²) in [4.78, 5) is 7.35. The zero-order chi connectivity index (χ0) is 14.9. The van der Waals surface area contributed by atoms with E-state index in [1.54, 1.807) is 6.07 Å². The van der Waals surface area contributed by atoms with Crippen LogP contribution in [0.4, 0.5) is 11.5 Å². The second kappa shape index (κ2) is 5.84. The van der Waals surface area contributed by atoms with Crippen molar-refractivity contribution in [3.63, 3.8) is 0 Å². The fourth-order valence-electron chi connectivity index (χ4n) is 1.44. The summed E-state index contributed by atoms with van der Waals surface area (Å²) in [5.74, 6) is 0.0548. The van der Waals surface area contributed by atoms with Gasteiger partial charge in [0.15, 0.2) is 0 Å². The monoisotopic (exact) mass is 440 g/mol. The van der Waals surface area contributed by atoms with E-state index in [9.17, 15) is 8.42 Å². The van der Waals surface area contributed by atoms with E-state index < -0.39 is 10.0 Å². The average Bonchev–Trinajstić information content (AvgIpc) is 2.25. The highest BCUT2D eigenvalue weighted by atomic mass is 79.9. The standard InChI is InChI=1S/C10H7Br2ClN4O2S/c11-5-3-6(12)9(7(14)4-5)20(18,19)17-8-1-2-15-10(13)16-8/h1-4H,14H2,(H,15,16,17). The van der Waals surface area contributed by atoms with E-state index in [0.717, 1.165) is 0 Å². The summed E-state index contributed by atoms with van der Waals surface area (Å²) in [7, 11) is -3.90. The Balaban J connectivity index is 2.46. The van der Waals surface area contributed by atoms with Gasteiger partial charge in [-0.1, -0.05) is 15.9 Å². The summed E-state index contributed by atoms with van der Waals surface area (Å²) in [6.07, 6.45) is 1.34. The van der Waals surface area contributed by atoms with E-state index in [-0.39, 0.29) is 21.7 Å². The molecular weight excluding hydrogens is 435 g/mol. The Bertz CT molecular complexity index is 747. The third kappa shape index (κ3) is 3.40. The summed E-state index contributed by atoms with van der Waals surface area (Å²) in [5, 5.41) is -0.0620. The Morgan fingerprint density at radius 2 is 2.00 bits per heavy atom. The van der Waals surface area contributed by atoms with Crippen LogP contribution < -0.4 is 10.5 Å². The number of aromatic nitrogens is 2. The van der Waals surface area contributed by atoms with Crippen LogP contribution in [0.3, 0.4) is 0 Å². The molecule has 10 heteroatoms. The fourth-order valence-corrected chi connectivity index (χ4v) is 4.67. The maximum Gasteiger partial charge on any atom is 0.266 e. The molecule has 0 spiro atoms. The summed E-state index contributed by atoms with van der Waals surface area (Å²) in [6, 6.07) is 4.45. The maximum atomic E-state index is 12.3. The van der Waals surface area contributed by atoms with E-state index in [0.29, 0.717) is 8.95 Å². The molecule has 0 saturated heterocycles.